The average molecular weight is 672 g/mol. The van der Waals surface area contributed by atoms with Crippen molar-refractivity contribution in [1.29, 1.82) is 0 Å². The third-order valence-corrected chi connectivity index (χ3v) is 9.61. The minimum absolute atomic E-state index is 0.121. The van der Waals surface area contributed by atoms with E-state index < -0.39 is 13.9 Å². The van der Waals surface area contributed by atoms with Crippen molar-refractivity contribution in [2.45, 2.75) is 83.8 Å². The van der Waals surface area contributed by atoms with Crippen LogP contribution >= 0.6 is 19.6 Å². The van der Waals surface area contributed by atoms with Crippen LogP contribution in [0.1, 0.15) is 76.7 Å². The lowest BCUT2D eigenvalue weighted by Gasteiger charge is -2.20. The molecule has 1 heterocycles. The first-order valence-electron chi connectivity index (χ1n) is 16.6. The number of thioether (sulfide) groups is 1. The summed E-state index contributed by atoms with van der Waals surface area (Å²) in [7, 11) is -2.88. The van der Waals surface area contributed by atoms with E-state index in [0.29, 0.717) is 18.9 Å². The molecule has 0 saturated carbocycles. The first-order valence-corrected chi connectivity index (χ1v) is 19.1. The van der Waals surface area contributed by atoms with Gasteiger partial charge in [0.2, 0.25) is 0 Å². The zero-order chi connectivity index (χ0) is 32.5. The Labute approximate surface area is 279 Å². The Kier molecular flexibility index (Phi) is 15.6. The second-order valence-corrected chi connectivity index (χ2v) is 13.9. The molecule has 0 aliphatic carbocycles. The highest BCUT2D eigenvalue weighted by Crippen LogP contribution is 2.44. The first kappa shape index (κ1) is 36.2. The van der Waals surface area contributed by atoms with Gasteiger partial charge in [0.15, 0.2) is 0 Å². The summed E-state index contributed by atoms with van der Waals surface area (Å²) in [4.78, 5) is 12.5. The van der Waals surface area contributed by atoms with Gasteiger partial charge in [-0.25, -0.2) is 4.57 Å². The third-order valence-electron chi connectivity index (χ3n) is 7.89. The van der Waals surface area contributed by atoms with Crippen LogP contribution in [0, 0.1) is 0 Å². The Hall–Kier alpha value is -2.68. The van der Waals surface area contributed by atoms with Crippen molar-refractivity contribution < 1.29 is 32.7 Å². The number of phosphoric ester groups is 1. The van der Waals surface area contributed by atoms with Gasteiger partial charge >= 0.3 is 7.82 Å². The number of hydrogen-bond acceptors (Lipinski definition) is 8. The molecule has 46 heavy (non-hydrogen) atoms. The fraction of sp³-hybridized carbons (Fsp3) is 0.500. The standard InChI is InChI=1S/C36H50NO7PS/c1-3-4-5-6-7-8-9-10-11-14-23-41-35-20-21-36(34-19-13-12-18-33(34)35)42-27-32(40-2)28-43-45(38,39)44-31-17-15-16-30(25-31)26-37-22-24-46-29-37/h12-13,15-22,24-25,32H,3-11,14,23,26-29H2,1-2H3,(H,38,39). The van der Waals surface area contributed by atoms with Crippen LogP contribution in [0.15, 0.2) is 72.3 Å². The molecule has 1 aliphatic heterocycles. The number of fused-ring (bicyclic) bond motifs is 1. The molecular formula is C36H50NO7PS. The van der Waals surface area contributed by atoms with E-state index in [2.05, 4.69) is 11.8 Å². The van der Waals surface area contributed by atoms with Crippen molar-refractivity contribution in [1.82, 2.24) is 4.90 Å². The summed E-state index contributed by atoms with van der Waals surface area (Å²) in [5, 5.41) is 3.95. The lowest BCUT2D eigenvalue weighted by atomic mass is 10.1. The van der Waals surface area contributed by atoms with Crippen molar-refractivity contribution in [2.75, 3.05) is 32.8 Å². The minimum atomic E-state index is -4.39. The van der Waals surface area contributed by atoms with Crippen LogP contribution in [0.2, 0.25) is 0 Å². The summed E-state index contributed by atoms with van der Waals surface area (Å²) < 4.78 is 41.2. The molecule has 0 bridgehead atoms. The van der Waals surface area contributed by atoms with Crippen molar-refractivity contribution >= 4 is 30.4 Å². The molecule has 8 nitrogen and oxygen atoms in total. The molecule has 3 aromatic carbocycles. The van der Waals surface area contributed by atoms with Crippen LogP contribution in [-0.4, -0.2) is 48.7 Å². The number of ether oxygens (including phenoxy) is 3. The molecule has 0 spiro atoms. The van der Waals surface area contributed by atoms with E-state index in [1.54, 1.807) is 30.0 Å². The van der Waals surface area contributed by atoms with E-state index >= 15 is 0 Å². The van der Waals surface area contributed by atoms with Crippen LogP contribution < -0.4 is 14.0 Å². The van der Waals surface area contributed by atoms with Crippen LogP contribution in [0.25, 0.3) is 10.8 Å². The number of hydrogen-bond donors (Lipinski definition) is 1. The molecule has 2 unspecified atom stereocenters. The number of nitrogens with zero attached hydrogens (tertiary/aromatic N) is 1. The van der Waals surface area contributed by atoms with Crippen molar-refractivity contribution in [2.24, 2.45) is 0 Å². The Morgan fingerprint density at radius 2 is 1.52 bits per heavy atom. The molecular weight excluding hydrogens is 621 g/mol. The Balaban J connectivity index is 1.21. The summed E-state index contributed by atoms with van der Waals surface area (Å²) >= 11 is 1.72. The summed E-state index contributed by atoms with van der Waals surface area (Å²) in [6, 6.07) is 18.9. The Morgan fingerprint density at radius 3 is 2.17 bits per heavy atom. The summed E-state index contributed by atoms with van der Waals surface area (Å²) in [6.07, 6.45) is 14.3. The largest absolute Gasteiger partial charge is 0.527 e. The van der Waals surface area contributed by atoms with Crippen LogP contribution in [0.4, 0.5) is 0 Å². The smallest absolute Gasteiger partial charge is 0.493 e. The quantitative estimate of drug-likeness (QED) is 0.0782. The molecule has 0 fully saturated rings. The zero-order valence-corrected chi connectivity index (χ0v) is 29.0. The van der Waals surface area contributed by atoms with Gasteiger partial charge in [-0.1, -0.05) is 101 Å². The fourth-order valence-electron chi connectivity index (χ4n) is 5.32. The molecule has 10 heteroatoms. The van der Waals surface area contributed by atoms with E-state index in [9.17, 15) is 9.46 Å². The predicted octanol–water partition coefficient (Wildman–Crippen LogP) is 9.71. The molecule has 252 valence electrons. The summed E-state index contributed by atoms with van der Waals surface area (Å²) in [5.74, 6) is 2.66. The molecule has 0 aromatic heterocycles. The number of rotatable bonds is 23. The molecule has 2 atom stereocenters. The highest BCUT2D eigenvalue weighted by atomic mass is 32.2. The summed E-state index contributed by atoms with van der Waals surface area (Å²) in [6.45, 7) is 3.57. The minimum Gasteiger partial charge on any atom is -0.493 e. The van der Waals surface area contributed by atoms with Gasteiger partial charge in [-0.2, -0.15) is 0 Å². The summed E-state index contributed by atoms with van der Waals surface area (Å²) in [5.41, 5.74) is 0.968. The molecule has 4 rings (SSSR count). The predicted molar refractivity (Wildman–Crippen MR) is 188 cm³/mol. The second kappa shape index (κ2) is 19.9. The van der Waals surface area contributed by atoms with Gasteiger partial charge in [0, 0.05) is 30.6 Å². The van der Waals surface area contributed by atoms with E-state index in [0.717, 1.165) is 34.4 Å². The van der Waals surface area contributed by atoms with Gasteiger partial charge in [0.05, 0.1) is 19.1 Å². The lowest BCUT2D eigenvalue weighted by molar-refractivity contribution is 0.0164. The number of methoxy groups -OCH3 is 1. The van der Waals surface area contributed by atoms with Gasteiger partial charge in [-0.05, 0) is 41.7 Å². The van der Waals surface area contributed by atoms with Gasteiger partial charge in [-0.15, -0.1) is 11.8 Å². The second-order valence-electron chi connectivity index (χ2n) is 11.6. The first-order chi connectivity index (χ1) is 22.5. The molecule has 1 N–H and O–H groups in total. The zero-order valence-electron chi connectivity index (χ0n) is 27.3. The Morgan fingerprint density at radius 1 is 0.848 bits per heavy atom. The van der Waals surface area contributed by atoms with Crippen molar-refractivity contribution in [3.05, 3.63) is 77.8 Å². The van der Waals surface area contributed by atoms with Crippen LogP contribution in [0.5, 0.6) is 17.2 Å². The molecule has 1 aliphatic rings. The van der Waals surface area contributed by atoms with Gasteiger partial charge in [0.1, 0.15) is 30.0 Å². The maximum absolute atomic E-state index is 12.7. The molecule has 0 amide bonds. The van der Waals surface area contributed by atoms with Gasteiger partial charge < -0.3 is 23.6 Å². The molecule has 0 saturated heterocycles. The number of benzene rings is 3. The van der Waals surface area contributed by atoms with Gasteiger partial charge in [0.25, 0.3) is 0 Å². The Bertz CT molecular complexity index is 1400. The number of unbranched alkanes of at least 4 members (excludes halogenated alkanes) is 9. The van der Waals surface area contributed by atoms with Crippen LogP contribution in [0.3, 0.4) is 0 Å². The highest BCUT2D eigenvalue weighted by Gasteiger charge is 2.26. The monoisotopic (exact) mass is 671 g/mol. The fourth-order valence-corrected chi connectivity index (χ4v) is 6.82. The van der Waals surface area contributed by atoms with E-state index in [1.807, 2.05) is 54.1 Å². The highest BCUT2D eigenvalue weighted by molar-refractivity contribution is 8.02. The van der Waals surface area contributed by atoms with E-state index in [1.165, 1.54) is 64.9 Å². The molecule has 0 radical (unpaired) electrons. The average Bonchev–Trinajstić information content (AvgIpc) is 3.57. The van der Waals surface area contributed by atoms with E-state index in [4.69, 9.17) is 23.3 Å². The van der Waals surface area contributed by atoms with Crippen molar-refractivity contribution in [3.8, 4) is 17.2 Å². The SMILES string of the molecule is CCCCCCCCCCCCOc1ccc(OCC(COP(=O)(O)Oc2cccc(CN3C=CSC3)c2)OC)c2ccccc12. The maximum atomic E-state index is 12.7. The normalized spacial score (nSPS) is 14.8. The lowest BCUT2D eigenvalue weighted by Crippen LogP contribution is -2.26. The topological polar surface area (TPSA) is 86.7 Å². The van der Waals surface area contributed by atoms with Crippen LogP contribution in [-0.2, 0) is 20.4 Å². The maximum Gasteiger partial charge on any atom is 0.527 e. The van der Waals surface area contributed by atoms with E-state index in [-0.39, 0.29) is 19.0 Å². The molecule has 3 aromatic rings. The van der Waals surface area contributed by atoms with Gasteiger partial charge in [-0.3, -0.25) is 9.42 Å². The number of phosphoric acid groups is 1. The third kappa shape index (κ3) is 12.5. The van der Waals surface area contributed by atoms with Crippen molar-refractivity contribution in [3.63, 3.8) is 0 Å².